The SMILES string of the molecule is CN(C[C@@H]1CCc2nccn2C1)C(=O)c1ccc2[nH]ccc2c1. The van der Waals surface area contributed by atoms with Crippen molar-refractivity contribution in [1.29, 1.82) is 0 Å². The molecule has 0 saturated carbocycles. The molecule has 1 amide bonds. The van der Waals surface area contributed by atoms with Crippen molar-refractivity contribution in [2.24, 2.45) is 5.92 Å². The maximum absolute atomic E-state index is 12.7. The van der Waals surface area contributed by atoms with Crippen LogP contribution < -0.4 is 0 Å². The van der Waals surface area contributed by atoms with Crippen molar-refractivity contribution in [3.8, 4) is 0 Å². The topological polar surface area (TPSA) is 53.9 Å². The zero-order chi connectivity index (χ0) is 15.8. The zero-order valence-electron chi connectivity index (χ0n) is 13.2. The molecule has 1 aliphatic heterocycles. The molecule has 2 aromatic heterocycles. The van der Waals surface area contributed by atoms with Gasteiger partial charge in [-0.1, -0.05) is 0 Å². The van der Waals surface area contributed by atoms with Gasteiger partial charge in [-0.2, -0.15) is 0 Å². The Kier molecular flexibility index (Phi) is 3.41. The van der Waals surface area contributed by atoms with Crippen LogP contribution in [-0.4, -0.2) is 38.9 Å². The van der Waals surface area contributed by atoms with Gasteiger partial charge < -0.3 is 14.5 Å². The van der Waals surface area contributed by atoms with E-state index >= 15 is 0 Å². The predicted octanol–water partition coefficient (Wildman–Crippen LogP) is 2.70. The Morgan fingerprint density at radius 2 is 2.35 bits per heavy atom. The van der Waals surface area contributed by atoms with Gasteiger partial charge in [-0.25, -0.2) is 4.98 Å². The molecular formula is C18H20N4O. The van der Waals surface area contributed by atoms with Crippen LogP contribution in [0.15, 0.2) is 42.9 Å². The number of hydrogen-bond donors (Lipinski definition) is 1. The molecule has 1 aromatic carbocycles. The number of carbonyl (C=O) groups excluding carboxylic acids is 1. The van der Waals surface area contributed by atoms with Crippen molar-refractivity contribution in [1.82, 2.24) is 19.4 Å². The minimum atomic E-state index is 0.0875. The summed E-state index contributed by atoms with van der Waals surface area (Å²) in [4.78, 5) is 22.0. The molecule has 0 radical (unpaired) electrons. The zero-order valence-corrected chi connectivity index (χ0v) is 13.2. The molecule has 1 aliphatic rings. The first-order valence-electron chi connectivity index (χ1n) is 8.03. The standard InChI is InChI=1S/C18H20N4O/c1-21(11-13-2-5-17-20-8-9-22(17)12-13)18(23)15-3-4-16-14(10-15)6-7-19-16/h3-4,6-10,13,19H,2,5,11-12H2,1H3/t13-/m0/s1. The van der Waals surface area contributed by atoms with Gasteiger partial charge in [-0.15, -0.1) is 0 Å². The van der Waals surface area contributed by atoms with E-state index in [1.165, 1.54) is 0 Å². The van der Waals surface area contributed by atoms with Gasteiger partial charge in [0.15, 0.2) is 0 Å². The van der Waals surface area contributed by atoms with Crippen molar-refractivity contribution < 1.29 is 4.79 Å². The molecule has 0 spiro atoms. The summed E-state index contributed by atoms with van der Waals surface area (Å²) in [6, 6.07) is 7.81. The minimum absolute atomic E-state index is 0.0875. The molecule has 0 saturated heterocycles. The third-order valence-electron chi connectivity index (χ3n) is 4.71. The predicted molar refractivity (Wildman–Crippen MR) is 89.3 cm³/mol. The molecule has 0 aliphatic carbocycles. The van der Waals surface area contributed by atoms with Gasteiger partial charge in [0.25, 0.3) is 5.91 Å². The number of aromatic nitrogens is 3. The number of benzene rings is 1. The molecule has 0 fully saturated rings. The normalized spacial score (nSPS) is 17.2. The Balaban J connectivity index is 1.46. The van der Waals surface area contributed by atoms with Crippen LogP contribution in [0.1, 0.15) is 22.6 Å². The van der Waals surface area contributed by atoms with Crippen LogP contribution >= 0.6 is 0 Å². The molecular weight excluding hydrogens is 288 g/mol. The van der Waals surface area contributed by atoms with Crippen molar-refractivity contribution in [3.63, 3.8) is 0 Å². The number of amides is 1. The Labute approximate surface area is 134 Å². The molecule has 0 unspecified atom stereocenters. The first-order valence-corrected chi connectivity index (χ1v) is 8.03. The van der Waals surface area contributed by atoms with Crippen LogP contribution in [0.5, 0.6) is 0 Å². The van der Waals surface area contributed by atoms with E-state index in [1.54, 1.807) is 0 Å². The first kappa shape index (κ1) is 14.1. The summed E-state index contributed by atoms with van der Waals surface area (Å²) in [6.07, 6.45) is 7.87. The second-order valence-corrected chi connectivity index (χ2v) is 6.37. The Hall–Kier alpha value is -2.56. The molecule has 4 rings (SSSR count). The summed E-state index contributed by atoms with van der Waals surface area (Å²) in [5, 5.41) is 1.07. The lowest BCUT2D eigenvalue weighted by Gasteiger charge is -2.28. The molecule has 3 aromatic rings. The molecule has 0 bridgehead atoms. The number of H-pyrrole nitrogens is 1. The van der Waals surface area contributed by atoms with Gasteiger partial charge in [-0.05, 0) is 36.6 Å². The fraction of sp³-hybridized carbons (Fsp3) is 0.333. The molecule has 5 heteroatoms. The van der Waals surface area contributed by atoms with E-state index in [4.69, 9.17) is 0 Å². The molecule has 1 N–H and O–H groups in total. The maximum Gasteiger partial charge on any atom is 0.253 e. The lowest BCUT2D eigenvalue weighted by molar-refractivity contribution is 0.0760. The lowest BCUT2D eigenvalue weighted by Crippen LogP contribution is -2.35. The van der Waals surface area contributed by atoms with Gasteiger partial charge in [0.2, 0.25) is 0 Å². The summed E-state index contributed by atoms with van der Waals surface area (Å²) in [5.74, 6) is 1.74. The molecule has 118 valence electrons. The number of carbonyl (C=O) groups is 1. The average Bonchev–Trinajstić information content (AvgIpc) is 3.21. The second-order valence-electron chi connectivity index (χ2n) is 6.37. The number of rotatable bonds is 3. The van der Waals surface area contributed by atoms with E-state index in [0.29, 0.717) is 5.92 Å². The third kappa shape index (κ3) is 2.63. The van der Waals surface area contributed by atoms with E-state index < -0.39 is 0 Å². The summed E-state index contributed by atoms with van der Waals surface area (Å²) < 4.78 is 2.21. The van der Waals surface area contributed by atoms with Crippen LogP contribution in [0.25, 0.3) is 10.9 Å². The number of nitrogens with one attached hydrogen (secondary N) is 1. The highest BCUT2D eigenvalue weighted by atomic mass is 16.2. The summed E-state index contributed by atoms with van der Waals surface area (Å²) in [6.45, 7) is 1.73. The highest BCUT2D eigenvalue weighted by Gasteiger charge is 2.22. The van der Waals surface area contributed by atoms with Crippen molar-refractivity contribution in [2.45, 2.75) is 19.4 Å². The van der Waals surface area contributed by atoms with Crippen molar-refractivity contribution in [3.05, 3.63) is 54.2 Å². The first-order chi connectivity index (χ1) is 11.2. The Bertz CT molecular complexity index is 847. The van der Waals surface area contributed by atoms with Crippen LogP contribution in [-0.2, 0) is 13.0 Å². The number of aryl methyl sites for hydroxylation is 1. The summed E-state index contributed by atoms with van der Waals surface area (Å²) in [5.41, 5.74) is 1.81. The van der Waals surface area contributed by atoms with E-state index in [0.717, 1.165) is 48.2 Å². The highest BCUT2D eigenvalue weighted by molar-refractivity contribution is 5.97. The minimum Gasteiger partial charge on any atom is -0.361 e. The molecule has 23 heavy (non-hydrogen) atoms. The van der Waals surface area contributed by atoms with Gasteiger partial charge in [0.1, 0.15) is 5.82 Å². The van der Waals surface area contributed by atoms with Crippen LogP contribution in [0.4, 0.5) is 0 Å². The van der Waals surface area contributed by atoms with E-state index in [2.05, 4.69) is 14.5 Å². The number of imidazole rings is 1. The molecule has 3 heterocycles. The fourth-order valence-corrected chi connectivity index (χ4v) is 3.46. The lowest BCUT2D eigenvalue weighted by atomic mass is 9.98. The smallest absolute Gasteiger partial charge is 0.253 e. The number of hydrogen-bond acceptors (Lipinski definition) is 2. The van der Waals surface area contributed by atoms with Crippen molar-refractivity contribution in [2.75, 3.05) is 13.6 Å². The second kappa shape index (κ2) is 5.57. The van der Waals surface area contributed by atoms with Crippen LogP contribution in [0, 0.1) is 5.92 Å². The van der Waals surface area contributed by atoms with Crippen LogP contribution in [0.3, 0.4) is 0 Å². The van der Waals surface area contributed by atoms with Crippen molar-refractivity contribution >= 4 is 16.8 Å². The Morgan fingerprint density at radius 3 is 3.26 bits per heavy atom. The average molecular weight is 308 g/mol. The number of aromatic amines is 1. The fourth-order valence-electron chi connectivity index (χ4n) is 3.46. The van der Waals surface area contributed by atoms with Gasteiger partial charge >= 0.3 is 0 Å². The molecule has 5 nitrogen and oxygen atoms in total. The monoisotopic (exact) mass is 308 g/mol. The van der Waals surface area contributed by atoms with Gasteiger partial charge in [-0.3, -0.25) is 4.79 Å². The highest BCUT2D eigenvalue weighted by Crippen LogP contribution is 2.21. The maximum atomic E-state index is 12.7. The van der Waals surface area contributed by atoms with Gasteiger partial charge in [0, 0.05) is 61.6 Å². The van der Waals surface area contributed by atoms with E-state index in [1.807, 2.05) is 54.8 Å². The number of nitrogens with zero attached hydrogens (tertiary/aromatic N) is 3. The summed E-state index contributed by atoms with van der Waals surface area (Å²) in [7, 11) is 1.90. The number of fused-ring (bicyclic) bond motifs is 2. The quantitative estimate of drug-likeness (QED) is 0.809. The summed E-state index contributed by atoms with van der Waals surface area (Å²) >= 11 is 0. The largest absolute Gasteiger partial charge is 0.361 e. The van der Waals surface area contributed by atoms with Gasteiger partial charge in [0.05, 0.1) is 0 Å². The third-order valence-corrected chi connectivity index (χ3v) is 4.71. The van der Waals surface area contributed by atoms with E-state index in [-0.39, 0.29) is 5.91 Å². The van der Waals surface area contributed by atoms with Crippen LogP contribution in [0.2, 0.25) is 0 Å². The van der Waals surface area contributed by atoms with E-state index in [9.17, 15) is 4.79 Å². The molecule has 1 atom stereocenters. The Morgan fingerprint density at radius 1 is 1.43 bits per heavy atom.